The van der Waals surface area contributed by atoms with Gasteiger partial charge in [-0.3, -0.25) is 4.79 Å². The summed E-state index contributed by atoms with van der Waals surface area (Å²) < 4.78 is 9.93. The molecule has 0 aliphatic carbocycles. The highest BCUT2D eigenvalue weighted by molar-refractivity contribution is 5.94. The summed E-state index contributed by atoms with van der Waals surface area (Å²) >= 11 is 0. The quantitative estimate of drug-likeness (QED) is 0.795. The van der Waals surface area contributed by atoms with E-state index in [1.165, 1.54) is 25.3 Å². The highest BCUT2D eigenvalue weighted by Gasteiger charge is 2.16. The summed E-state index contributed by atoms with van der Waals surface area (Å²) in [6.07, 6.45) is 0. The van der Waals surface area contributed by atoms with Crippen molar-refractivity contribution >= 4 is 11.9 Å². The van der Waals surface area contributed by atoms with Crippen molar-refractivity contribution in [3.63, 3.8) is 0 Å². The molecule has 126 valence electrons. The molecule has 0 saturated carbocycles. The van der Waals surface area contributed by atoms with Gasteiger partial charge in [0.25, 0.3) is 5.91 Å². The summed E-state index contributed by atoms with van der Waals surface area (Å²) in [7, 11) is 1.44. The van der Waals surface area contributed by atoms with Crippen molar-refractivity contribution in [1.82, 2.24) is 5.32 Å². The second-order valence-electron chi connectivity index (χ2n) is 5.16. The van der Waals surface area contributed by atoms with Gasteiger partial charge < -0.3 is 19.9 Å². The molecule has 0 spiro atoms. The maximum atomic E-state index is 12.0. The summed E-state index contributed by atoms with van der Waals surface area (Å²) in [4.78, 5) is 23.9. The molecule has 2 aromatic rings. The summed E-state index contributed by atoms with van der Waals surface area (Å²) in [5.41, 5.74) is 0.890. The first kappa shape index (κ1) is 17.3. The maximum absolute atomic E-state index is 12.0. The lowest BCUT2D eigenvalue weighted by molar-refractivity contribution is -0.124. The predicted molar refractivity (Wildman–Crippen MR) is 87.9 cm³/mol. The van der Waals surface area contributed by atoms with Gasteiger partial charge in [0.1, 0.15) is 17.1 Å². The number of phenols is 1. The molecular weight excluding hydrogens is 310 g/mol. The van der Waals surface area contributed by atoms with Crippen LogP contribution in [0, 0.1) is 0 Å². The van der Waals surface area contributed by atoms with Gasteiger partial charge in [-0.05, 0) is 30.7 Å². The van der Waals surface area contributed by atoms with Crippen molar-refractivity contribution < 1.29 is 24.2 Å². The Balaban J connectivity index is 1.91. The molecular formula is C18H19NO5. The summed E-state index contributed by atoms with van der Waals surface area (Å²) in [6, 6.07) is 13.4. The zero-order valence-corrected chi connectivity index (χ0v) is 13.5. The normalized spacial score (nSPS) is 11.4. The number of hydrogen-bond acceptors (Lipinski definition) is 5. The molecule has 2 aromatic carbocycles. The minimum Gasteiger partial charge on any atom is -0.507 e. The molecule has 6 nitrogen and oxygen atoms in total. The van der Waals surface area contributed by atoms with E-state index in [1.807, 2.05) is 37.3 Å². The first-order chi connectivity index (χ1) is 11.5. The van der Waals surface area contributed by atoms with Crippen molar-refractivity contribution in [2.45, 2.75) is 13.0 Å². The number of rotatable bonds is 6. The van der Waals surface area contributed by atoms with Crippen LogP contribution in [0.15, 0.2) is 48.5 Å². The number of esters is 1. The number of nitrogens with one attached hydrogen (secondary N) is 1. The Kier molecular flexibility index (Phi) is 5.78. The third-order valence-corrected chi connectivity index (χ3v) is 3.44. The molecule has 0 fully saturated rings. The molecule has 1 atom stereocenters. The molecule has 2 rings (SSSR count). The Morgan fingerprint density at radius 1 is 1.17 bits per heavy atom. The summed E-state index contributed by atoms with van der Waals surface area (Å²) in [5.74, 6) is -1.06. The molecule has 0 unspecified atom stereocenters. The smallest absolute Gasteiger partial charge is 0.342 e. The molecule has 0 bridgehead atoms. The van der Waals surface area contributed by atoms with E-state index < -0.39 is 18.5 Å². The Morgan fingerprint density at radius 2 is 1.88 bits per heavy atom. The van der Waals surface area contributed by atoms with Crippen LogP contribution in [-0.4, -0.2) is 30.7 Å². The molecule has 0 aliphatic heterocycles. The molecule has 24 heavy (non-hydrogen) atoms. The molecule has 6 heteroatoms. The average molecular weight is 329 g/mol. The van der Waals surface area contributed by atoms with Crippen molar-refractivity contribution in [1.29, 1.82) is 0 Å². The number of benzene rings is 2. The minimum absolute atomic E-state index is 0.0572. The standard InChI is InChI=1S/C18H19NO5/c1-12(13-6-4-3-5-7-13)19-17(21)11-24-18(22)15-10-14(23-2)8-9-16(15)20/h3-10,12,20H,11H2,1-2H3,(H,19,21)/t12-/m0/s1. The largest absolute Gasteiger partial charge is 0.507 e. The molecule has 0 saturated heterocycles. The zero-order chi connectivity index (χ0) is 17.5. The van der Waals surface area contributed by atoms with Gasteiger partial charge in [-0.15, -0.1) is 0 Å². The molecule has 2 N–H and O–H groups in total. The minimum atomic E-state index is -0.797. The van der Waals surface area contributed by atoms with Crippen LogP contribution < -0.4 is 10.1 Å². The molecule has 0 radical (unpaired) electrons. The Labute approximate surface area is 140 Å². The van der Waals surface area contributed by atoms with E-state index in [9.17, 15) is 14.7 Å². The lowest BCUT2D eigenvalue weighted by atomic mass is 10.1. The van der Waals surface area contributed by atoms with Crippen LogP contribution in [0.3, 0.4) is 0 Å². The highest BCUT2D eigenvalue weighted by atomic mass is 16.5. The molecule has 0 heterocycles. The van der Waals surface area contributed by atoms with Gasteiger partial charge >= 0.3 is 5.97 Å². The summed E-state index contributed by atoms with van der Waals surface area (Å²) in [6.45, 7) is 1.40. The van der Waals surface area contributed by atoms with E-state index in [0.29, 0.717) is 5.75 Å². The van der Waals surface area contributed by atoms with Crippen molar-refractivity contribution in [3.05, 3.63) is 59.7 Å². The zero-order valence-electron chi connectivity index (χ0n) is 13.5. The van der Waals surface area contributed by atoms with Gasteiger partial charge in [0.2, 0.25) is 0 Å². The maximum Gasteiger partial charge on any atom is 0.342 e. The first-order valence-corrected chi connectivity index (χ1v) is 7.39. The third kappa shape index (κ3) is 4.49. The highest BCUT2D eigenvalue weighted by Crippen LogP contribution is 2.23. The molecule has 0 aliphatic rings. The number of carbonyl (C=O) groups excluding carboxylic acids is 2. The van der Waals surface area contributed by atoms with Crippen LogP contribution in [-0.2, 0) is 9.53 Å². The lowest BCUT2D eigenvalue weighted by Gasteiger charge is -2.14. The van der Waals surface area contributed by atoms with E-state index in [-0.39, 0.29) is 17.4 Å². The van der Waals surface area contributed by atoms with Gasteiger partial charge in [0.05, 0.1) is 13.2 Å². The van der Waals surface area contributed by atoms with E-state index >= 15 is 0 Å². The van der Waals surface area contributed by atoms with E-state index in [2.05, 4.69) is 5.32 Å². The van der Waals surface area contributed by atoms with Crippen LogP contribution in [0.4, 0.5) is 0 Å². The fourth-order valence-corrected chi connectivity index (χ4v) is 2.12. The van der Waals surface area contributed by atoms with E-state index in [4.69, 9.17) is 9.47 Å². The fourth-order valence-electron chi connectivity index (χ4n) is 2.12. The van der Waals surface area contributed by atoms with Gasteiger partial charge in [-0.2, -0.15) is 0 Å². The fraction of sp³-hybridized carbons (Fsp3) is 0.222. The van der Waals surface area contributed by atoms with Crippen LogP contribution in [0.5, 0.6) is 11.5 Å². The van der Waals surface area contributed by atoms with Gasteiger partial charge in [0.15, 0.2) is 6.61 Å². The van der Waals surface area contributed by atoms with Gasteiger partial charge in [0, 0.05) is 0 Å². The van der Waals surface area contributed by atoms with Gasteiger partial charge in [-0.25, -0.2) is 4.79 Å². The van der Waals surface area contributed by atoms with Crippen molar-refractivity contribution in [2.24, 2.45) is 0 Å². The number of methoxy groups -OCH3 is 1. The second kappa shape index (κ2) is 8.01. The second-order valence-corrected chi connectivity index (χ2v) is 5.16. The van der Waals surface area contributed by atoms with Crippen LogP contribution in [0.1, 0.15) is 28.9 Å². The number of aromatic hydroxyl groups is 1. The number of hydrogen-bond donors (Lipinski definition) is 2. The van der Waals surface area contributed by atoms with Crippen LogP contribution >= 0.6 is 0 Å². The topological polar surface area (TPSA) is 84.9 Å². The van der Waals surface area contributed by atoms with Crippen LogP contribution in [0.2, 0.25) is 0 Å². The number of ether oxygens (including phenoxy) is 2. The van der Waals surface area contributed by atoms with Crippen molar-refractivity contribution in [3.8, 4) is 11.5 Å². The monoisotopic (exact) mass is 329 g/mol. The van der Waals surface area contributed by atoms with Crippen LogP contribution in [0.25, 0.3) is 0 Å². The van der Waals surface area contributed by atoms with E-state index in [1.54, 1.807) is 0 Å². The SMILES string of the molecule is COc1ccc(O)c(C(=O)OCC(=O)N[C@@H](C)c2ccccc2)c1. The molecule has 1 amide bonds. The Bertz CT molecular complexity index is 715. The number of amides is 1. The predicted octanol–water partition coefficient (Wildman–Crippen LogP) is 2.44. The Morgan fingerprint density at radius 3 is 2.54 bits per heavy atom. The molecule has 0 aromatic heterocycles. The lowest BCUT2D eigenvalue weighted by Crippen LogP contribution is -2.31. The first-order valence-electron chi connectivity index (χ1n) is 7.39. The average Bonchev–Trinajstić information content (AvgIpc) is 2.60. The van der Waals surface area contributed by atoms with Gasteiger partial charge in [-0.1, -0.05) is 30.3 Å². The third-order valence-electron chi connectivity index (χ3n) is 3.44. The number of carbonyl (C=O) groups is 2. The van der Waals surface area contributed by atoms with E-state index in [0.717, 1.165) is 5.56 Å². The Hall–Kier alpha value is -3.02. The van der Waals surface area contributed by atoms with Crippen molar-refractivity contribution in [2.75, 3.05) is 13.7 Å². The number of phenolic OH excluding ortho intramolecular Hbond substituents is 1. The summed E-state index contributed by atoms with van der Waals surface area (Å²) in [5, 5.41) is 12.4.